The standard InChI is InChI=1S/C53H48Cl2N6O7S/c1-29-42-43-38-23-31(30-8-4-5-9-30)12-14-36(38)49-44(42)45-51(57-28-58-52(45)69-49)68-41(53(62)63)24-32-22-34(65-27-35(67-48(46(29)54)47(43)55)25-61-20-18-60(2)19-21-61)13-15-39(32)66-26-33-16-17-56-50(59-33)37-10-6-7-11-40(37)64-3/h6-8,10-17,22-23,28,35,41H,4-5,9,18-21,24-27H2,1-3H3,(H,62,63)/t35-,41-/m1/s1. The van der Waals surface area contributed by atoms with Gasteiger partial charge in [0.15, 0.2) is 11.6 Å². The molecule has 1 fully saturated rings. The number of thiophene rings is 1. The minimum atomic E-state index is -1.41. The van der Waals surface area contributed by atoms with Crippen molar-refractivity contribution in [3.63, 3.8) is 0 Å². The summed E-state index contributed by atoms with van der Waals surface area (Å²) >= 11 is 16.7. The predicted octanol–water partition coefficient (Wildman–Crippen LogP) is 10.8. The van der Waals surface area contributed by atoms with Gasteiger partial charge in [0.05, 0.1) is 33.8 Å². The van der Waals surface area contributed by atoms with Crippen LogP contribution in [0.5, 0.6) is 28.9 Å². The number of aliphatic carboxylic acids is 1. The third-order valence-electron chi connectivity index (χ3n) is 13.4. The maximum absolute atomic E-state index is 13.4. The van der Waals surface area contributed by atoms with Gasteiger partial charge in [-0.25, -0.2) is 24.7 Å². The summed E-state index contributed by atoms with van der Waals surface area (Å²) < 4.78 is 33.2. The SMILES string of the molecule is COc1ccccc1-c1nccc(COc2ccc3cc2C[C@H](C(=O)O)Oc2ncnc4sc5c6ccc(C7=CCCC7)cc6c6c(Cl)c(c(Cl)c(C)c6c5c24)O[C@H](CN2CCN(C)CC2)CO3)n1. The first-order valence-electron chi connectivity index (χ1n) is 23.1. The van der Waals surface area contributed by atoms with Gasteiger partial charge in [-0.05, 0) is 103 Å². The molecule has 0 radical (unpaired) electrons. The molecule has 6 heterocycles. The summed E-state index contributed by atoms with van der Waals surface area (Å²) in [6.07, 6.45) is 6.52. The van der Waals surface area contributed by atoms with Crippen molar-refractivity contribution >= 4 is 87.9 Å². The number of carboxylic acids is 1. The second-order valence-corrected chi connectivity index (χ2v) is 19.6. The van der Waals surface area contributed by atoms with E-state index in [1.165, 1.54) is 23.2 Å². The summed E-state index contributed by atoms with van der Waals surface area (Å²) in [4.78, 5) is 37.4. The molecule has 0 amide bonds. The first kappa shape index (κ1) is 45.2. The number of aryl methyl sites for hydroxylation is 1. The van der Waals surface area contributed by atoms with Gasteiger partial charge in [0.1, 0.15) is 47.7 Å². The average molecular weight is 984 g/mol. The van der Waals surface area contributed by atoms with Crippen molar-refractivity contribution in [2.75, 3.05) is 53.5 Å². The van der Waals surface area contributed by atoms with Crippen LogP contribution in [0.15, 0.2) is 85.3 Å². The van der Waals surface area contributed by atoms with E-state index in [1.54, 1.807) is 37.6 Å². The molecule has 1 aliphatic carbocycles. The molecule has 2 atom stereocenters. The number of piperazine rings is 1. The van der Waals surface area contributed by atoms with Gasteiger partial charge < -0.3 is 33.7 Å². The Morgan fingerprint density at radius 2 is 1.77 bits per heavy atom. The number of benzene rings is 5. The molecule has 1 saturated heterocycles. The number of fused-ring (bicyclic) bond motifs is 8. The second kappa shape index (κ2) is 18.9. The number of rotatable bonds is 9. The number of hydrogen-bond donors (Lipinski definition) is 1. The third-order valence-corrected chi connectivity index (χ3v) is 15.3. The third kappa shape index (κ3) is 8.63. The molecular weight excluding hydrogens is 936 g/mol. The van der Waals surface area contributed by atoms with E-state index in [9.17, 15) is 9.90 Å². The van der Waals surface area contributed by atoms with E-state index in [1.807, 2.05) is 31.2 Å². The fraction of sp³-hybridized carbons (Fsp3) is 0.302. The maximum atomic E-state index is 13.4. The number of ether oxygens (including phenoxy) is 5. The predicted molar refractivity (Wildman–Crippen MR) is 271 cm³/mol. The van der Waals surface area contributed by atoms with Crippen molar-refractivity contribution in [2.45, 2.75) is 51.4 Å². The summed E-state index contributed by atoms with van der Waals surface area (Å²) in [7, 11) is 3.73. The van der Waals surface area contributed by atoms with Crippen LogP contribution in [0.4, 0.5) is 0 Å². The van der Waals surface area contributed by atoms with Crippen LogP contribution in [-0.2, 0) is 17.8 Å². The first-order chi connectivity index (χ1) is 33.6. The molecule has 0 spiro atoms. The van der Waals surface area contributed by atoms with E-state index in [4.69, 9.17) is 56.9 Å². The molecule has 69 heavy (non-hydrogen) atoms. The van der Waals surface area contributed by atoms with Gasteiger partial charge in [-0.15, -0.1) is 11.3 Å². The zero-order valence-corrected chi connectivity index (χ0v) is 40.6. The summed E-state index contributed by atoms with van der Waals surface area (Å²) in [5, 5.41) is 16.5. The lowest BCUT2D eigenvalue weighted by molar-refractivity contribution is -0.145. The summed E-state index contributed by atoms with van der Waals surface area (Å²) in [6, 6.07) is 21.2. The Balaban J connectivity index is 1.06. The lowest BCUT2D eigenvalue weighted by atomic mass is 9.92. The Kier molecular flexibility index (Phi) is 12.4. The number of carboxylic acid groups (broad SMARTS) is 1. The molecule has 6 bridgehead atoms. The molecular formula is C53H48Cl2N6O7S. The van der Waals surface area contributed by atoms with Crippen LogP contribution in [-0.4, -0.2) is 107 Å². The Bertz CT molecular complexity index is 3360. The van der Waals surface area contributed by atoms with Gasteiger partial charge in [0.25, 0.3) is 0 Å². The number of halogens is 2. The Morgan fingerprint density at radius 3 is 2.58 bits per heavy atom. The van der Waals surface area contributed by atoms with Crippen LogP contribution in [0.2, 0.25) is 10.0 Å². The normalized spacial score (nSPS) is 18.0. The Labute approximate surface area is 412 Å². The minimum Gasteiger partial charge on any atom is -0.496 e. The van der Waals surface area contributed by atoms with Crippen molar-refractivity contribution in [3.05, 3.63) is 118 Å². The van der Waals surface area contributed by atoms with Gasteiger partial charge >= 0.3 is 5.97 Å². The van der Waals surface area contributed by atoms with E-state index in [-0.39, 0.29) is 25.5 Å². The number of allylic oxidation sites excluding steroid dienone is 2. The molecule has 0 unspecified atom stereocenters. The highest BCUT2D eigenvalue weighted by molar-refractivity contribution is 7.26. The Morgan fingerprint density at radius 1 is 0.913 bits per heavy atom. The second-order valence-electron chi connectivity index (χ2n) is 17.8. The highest BCUT2D eigenvalue weighted by Crippen LogP contribution is 2.53. The topological polar surface area (TPSA) is 141 Å². The first-order valence-corrected chi connectivity index (χ1v) is 24.6. The summed E-state index contributed by atoms with van der Waals surface area (Å²) in [5.41, 5.74) is 5.08. The molecule has 5 aromatic carbocycles. The van der Waals surface area contributed by atoms with Crippen molar-refractivity contribution in [2.24, 2.45) is 0 Å². The van der Waals surface area contributed by atoms with Gasteiger partial charge in [-0.2, -0.15) is 0 Å². The molecule has 13 nitrogen and oxygen atoms in total. The molecule has 3 aromatic heterocycles. The summed E-state index contributed by atoms with van der Waals surface area (Å²) in [5.74, 6) is 1.35. The lowest BCUT2D eigenvalue weighted by Gasteiger charge is -2.35. The number of aromatic nitrogens is 4. The van der Waals surface area contributed by atoms with Crippen LogP contribution < -0.4 is 23.7 Å². The fourth-order valence-corrected chi connectivity index (χ4v) is 11.6. The van der Waals surface area contributed by atoms with E-state index in [2.05, 4.69) is 51.1 Å². The Hall–Kier alpha value is -6.29. The highest BCUT2D eigenvalue weighted by atomic mass is 35.5. The minimum absolute atomic E-state index is 0.0615. The maximum Gasteiger partial charge on any atom is 0.345 e. The van der Waals surface area contributed by atoms with Crippen molar-refractivity contribution in [3.8, 4) is 40.3 Å². The number of likely N-dealkylation sites (N-methyl/N-ethyl adjacent to an activating group) is 1. The lowest BCUT2D eigenvalue weighted by Crippen LogP contribution is -2.49. The number of para-hydroxylation sites is 1. The number of nitrogens with zero attached hydrogens (tertiary/aromatic N) is 6. The molecule has 3 aliphatic heterocycles. The molecule has 4 aliphatic rings. The zero-order valence-electron chi connectivity index (χ0n) is 38.3. The van der Waals surface area contributed by atoms with Crippen LogP contribution in [0.3, 0.4) is 0 Å². The molecule has 1 N–H and O–H groups in total. The average Bonchev–Trinajstić information content (AvgIpc) is 4.06. The van der Waals surface area contributed by atoms with Gasteiger partial charge in [-0.1, -0.05) is 53.5 Å². The molecule has 16 heteroatoms. The van der Waals surface area contributed by atoms with Crippen molar-refractivity contribution < 1.29 is 33.6 Å². The van der Waals surface area contributed by atoms with E-state index in [0.29, 0.717) is 66.9 Å². The van der Waals surface area contributed by atoms with Gasteiger partial charge in [-0.3, -0.25) is 4.90 Å². The van der Waals surface area contributed by atoms with Crippen LogP contribution >= 0.6 is 34.5 Å². The quantitative estimate of drug-likeness (QED) is 0.137. The van der Waals surface area contributed by atoms with E-state index >= 15 is 0 Å². The van der Waals surface area contributed by atoms with Crippen LogP contribution in [0.25, 0.3) is 58.8 Å². The summed E-state index contributed by atoms with van der Waals surface area (Å²) in [6.45, 7) is 6.25. The highest BCUT2D eigenvalue weighted by Gasteiger charge is 2.31. The van der Waals surface area contributed by atoms with Crippen molar-refractivity contribution in [1.82, 2.24) is 29.7 Å². The molecule has 8 aromatic rings. The smallest absolute Gasteiger partial charge is 0.345 e. The monoisotopic (exact) mass is 982 g/mol. The zero-order chi connectivity index (χ0) is 47.3. The molecule has 352 valence electrons. The molecule has 12 rings (SSSR count). The number of methoxy groups -OCH3 is 1. The van der Waals surface area contributed by atoms with Crippen LogP contribution in [0, 0.1) is 6.92 Å². The fourth-order valence-electron chi connectivity index (χ4n) is 9.81. The van der Waals surface area contributed by atoms with E-state index < -0.39 is 18.2 Å². The number of hydrogen-bond acceptors (Lipinski definition) is 13. The van der Waals surface area contributed by atoms with Gasteiger partial charge in [0.2, 0.25) is 12.0 Å². The number of carbonyl (C=O) groups is 1. The molecule has 0 saturated carbocycles. The largest absolute Gasteiger partial charge is 0.496 e. The van der Waals surface area contributed by atoms with E-state index in [0.717, 1.165) is 93.8 Å². The van der Waals surface area contributed by atoms with Crippen LogP contribution in [0.1, 0.15) is 41.6 Å². The van der Waals surface area contributed by atoms with Gasteiger partial charge in [0, 0.05) is 71.8 Å². The van der Waals surface area contributed by atoms with Crippen molar-refractivity contribution in [1.29, 1.82) is 0 Å².